The van der Waals surface area contributed by atoms with Crippen LogP contribution in [0.5, 0.6) is 0 Å². The first-order valence-electron chi connectivity index (χ1n) is 8.25. The van der Waals surface area contributed by atoms with E-state index in [1.165, 1.54) is 11.1 Å². The number of aliphatic hydroxyl groups is 1. The third kappa shape index (κ3) is 2.41. The molecule has 1 aromatic rings. The molecule has 0 saturated carbocycles. The van der Waals surface area contributed by atoms with Crippen LogP contribution in [-0.4, -0.2) is 36.6 Å². The van der Waals surface area contributed by atoms with E-state index in [4.69, 9.17) is 9.47 Å². The van der Waals surface area contributed by atoms with E-state index in [9.17, 15) is 5.11 Å². The summed E-state index contributed by atoms with van der Waals surface area (Å²) < 4.78 is 11.5. The number of hydrogen-bond acceptors (Lipinski definition) is 3. The maximum Gasteiger partial charge on any atom is 0.0940 e. The lowest BCUT2D eigenvalue weighted by atomic mass is 9.77. The molecule has 1 aliphatic carbocycles. The van der Waals surface area contributed by atoms with Gasteiger partial charge in [-0.25, -0.2) is 0 Å². The highest BCUT2D eigenvalue weighted by molar-refractivity contribution is 5.35. The van der Waals surface area contributed by atoms with Gasteiger partial charge in [0.1, 0.15) is 0 Å². The molecule has 1 aromatic carbocycles. The summed E-state index contributed by atoms with van der Waals surface area (Å²) in [7, 11) is 0. The number of rotatable bonds is 2. The average Bonchev–Trinajstić information content (AvgIpc) is 3.14. The molecular weight excluding hydrogens is 264 g/mol. The van der Waals surface area contributed by atoms with Crippen molar-refractivity contribution in [2.75, 3.05) is 19.8 Å². The molecule has 0 amide bonds. The Balaban J connectivity index is 1.51. The summed E-state index contributed by atoms with van der Waals surface area (Å²) in [6.07, 6.45) is 4.86. The van der Waals surface area contributed by atoms with Gasteiger partial charge in [-0.15, -0.1) is 0 Å². The van der Waals surface area contributed by atoms with Crippen molar-refractivity contribution < 1.29 is 14.6 Å². The minimum atomic E-state index is -0.241. The van der Waals surface area contributed by atoms with Crippen molar-refractivity contribution in [2.24, 2.45) is 5.92 Å². The van der Waals surface area contributed by atoms with Gasteiger partial charge in [0.25, 0.3) is 0 Å². The van der Waals surface area contributed by atoms with Crippen molar-refractivity contribution in [3.8, 4) is 0 Å². The fourth-order valence-electron chi connectivity index (χ4n) is 4.49. The van der Waals surface area contributed by atoms with Crippen LogP contribution in [-0.2, 0) is 15.9 Å². The quantitative estimate of drug-likeness (QED) is 0.909. The Labute approximate surface area is 126 Å². The van der Waals surface area contributed by atoms with Gasteiger partial charge in [0.05, 0.1) is 18.3 Å². The van der Waals surface area contributed by atoms with Crippen molar-refractivity contribution in [3.05, 3.63) is 35.4 Å². The third-order valence-corrected chi connectivity index (χ3v) is 5.67. The van der Waals surface area contributed by atoms with Crippen LogP contribution in [0.1, 0.15) is 42.7 Å². The van der Waals surface area contributed by atoms with Crippen LogP contribution in [0.15, 0.2) is 24.3 Å². The molecular formula is C18H24O3. The summed E-state index contributed by atoms with van der Waals surface area (Å²) in [5.74, 6) is 0.653. The zero-order chi connectivity index (χ0) is 14.3. The van der Waals surface area contributed by atoms with Gasteiger partial charge in [-0.3, -0.25) is 0 Å². The summed E-state index contributed by atoms with van der Waals surface area (Å²) in [4.78, 5) is 0. The van der Waals surface area contributed by atoms with Gasteiger partial charge in [-0.05, 0) is 42.7 Å². The van der Waals surface area contributed by atoms with Gasteiger partial charge in [-0.1, -0.05) is 24.3 Å². The van der Waals surface area contributed by atoms with E-state index in [-0.39, 0.29) is 11.7 Å². The van der Waals surface area contributed by atoms with Crippen LogP contribution in [0.25, 0.3) is 0 Å². The number of fused-ring (bicyclic) bond motifs is 1. The maximum absolute atomic E-state index is 11.0. The Bertz CT molecular complexity index is 507. The fraction of sp³-hybridized carbons (Fsp3) is 0.667. The smallest absolute Gasteiger partial charge is 0.0940 e. The Hall–Kier alpha value is -0.900. The van der Waals surface area contributed by atoms with Crippen LogP contribution in [0, 0.1) is 5.92 Å². The molecule has 4 rings (SSSR count). The Morgan fingerprint density at radius 1 is 1.19 bits per heavy atom. The molecule has 2 saturated heterocycles. The number of aliphatic hydroxyl groups excluding tert-OH is 1. The minimum absolute atomic E-state index is 0.109. The predicted molar refractivity (Wildman–Crippen MR) is 80.4 cm³/mol. The van der Waals surface area contributed by atoms with Gasteiger partial charge in [0, 0.05) is 25.6 Å². The zero-order valence-electron chi connectivity index (χ0n) is 12.5. The lowest BCUT2D eigenvalue weighted by molar-refractivity contribution is -0.119. The molecule has 4 unspecified atom stereocenters. The maximum atomic E-state index is 11.0. The minimum Gasteiger partial charge on any atom is -0.392 e. The molecule has 2 heterocycles. The van der Waals surface area contributed by atoms with Crippen molar-refractivity contribution in [1.29, 1.82) is 0 Å². The molecule has 0 aromatic heterocycles. The number of ether oxygens (including phenoxy) is 2. The normalized spacial score (nSPS) is 36.8. The largest absolute Gasteiger partial charge is 0.392 e. The van der Waals surface area contributed by atoms with E-state index in [1.807, 2.05) is 0 Å². The van der Waals surface area contributed by atoms with Crippen molar-refractivity contribution >= 4 is 0 Å². The molecule has 0 radical (unpaired) electrons. The summed E-state index contributed by atoms with van der Waals surface area (Å²) in [6.45, 7) is 2.27. The topological polar surface area (TPSA) is 38.7 Å². The Morgan fingerprint density at radius 2 is 2.10 bits per heavy atom. The predicted octanol–water partition coefficient (Wildman–Crippen LogP) is 2.66. The molecule has 21 heavy (non-hydrogen) atoms. The molecule has 2 aliphatic heterocycles. The third-order valence-electron chi connectivity index (χ3n) is 5.67. The van der Waals surface area contributed by atoms with Crippen molar-refractivity contribution in [2.45, 2.75) is 49.7 Å². The molecule has 1 spiro atoms. The van der Waals surface area contributed by atoms with E-state index in [0.29, 0.717) is 18.4 Å². The second kappa shape index (κ2) is 5.38. The summed E-state index contributed by atoms with van der Waals surface area (Å²) in [5, 5.41) is 11.0. The van der Waals surface area contributed by atoms with Crippen LogP contribution in [0.3, 0.4) is 0 Å². The molecule has 1 N–H and O–H groups in total. The van der Waals surface area contributed by atoms with Crippen LogP contribution < -0.4 is 0 Å². The number of hydrogen-bond donors (Lipinski definition) is 1. The van der Waals surface area contributed by atoms with Crippen LogP contribution in [0.4, 0.5) is 0 Å². The van der Waals surface area contributed by atoms with Gasteiger partial charge in [0.15, 0.2) is 0 Å². The first-order valence-corrected chi connectivity index (χ1v) is 8.25. The standard InChI is InChI=1S/C18H24O3/c19-17(16-6-5-13-3-1-2-4-15(13)16)14-7-9-21-18(11-14)8-10-20-12-18/h1-4,14,16-17,19H,5-12H2. The molecule has 4 atom stereocenters. The number of aryl methyl sites for hydroxylation is 1. The lowest BCUT2D eigenvalue weighted by Crippen LogP contribution is -2.44. The highest BCUT2D eigenvalue weighted by Gasteiger charge is 2.44. The lowest BCUT2D eigenvalue weighted by Gasteiger charge is -2.40. The van der Waals surface area contributed by atoms with E-state index in [2.05, 4.69) is 24.3 Å². The van der Waals surface area contributed by atoms with Gasteiger partial charge in [0.2, 0.25) is 0 Å². The molecule has 3 nitrogen and oxygen atoms in total. The molecule has 114 valence electrons. The SMILES string of the molecule is OC(C1CCOC2(CCOC2)C1)C1CCc2ccccc21. The van der Waals surface area contributed by atoms with Gasteiger partial charge < -0.3 is 14.6 Å². The second-order valence-corrected chi connectivity index (χ2v) is 6.92. The highest BCUT2D eigenvalue weighted by atomic mass is 16.6. The molecule has 0 bridgehead atoms. The molecule has 3 aliphatic rings. The van der Waals surface area contributed by atoms with Crippen LogP contribution >= 0.6 is 0 Å². The van der Waals surface area contributed by atoms with E-state index in [1.54, 1.807) is 0 Å². The second-order valence-electron chi connectivity index (χ2n) is 6.92. The van der Waals surface area contributed by atoms with E-state index >= 15 is 0 Å². The Morgan fingerprint density at radius 3 is 2.95 bits per heavy atom. The van der Waals surface area contributed by atoms with E-state index < -0.39 is 0 Å². The van der Waals surface area contributed by atoms with Crippen molar-refractivity contribution in [1.82, 2.24) is 0 Å². The van der Waals surface area contributed by atoms with Gasteiger partial charge in [-0.2, -0.15) is 0 Å². The van der Waals surface area contributed by atoms with Gasteiger partial charge >= 0.3 is 0 Å². The molecule has 2 fully saturated rings. The first kappa shape index (κ1) is 13.7. The van der Waals surface area contributed by atoms with Crippen LogP contribution in [0.2, 0.25) is 0 Å². The summed E-state index contributed by atoms with van der Waals surface area (Å²) in [6, 6.07) is 8.61. The zero-order valence-corrected chi connectivity index (χ0v) is 12.5. The number of benzene rings is 1. The monoisotopic (exact) mass is 288 g/mol. The Kier molecular flexibility index (Phi) is 3.52. The first-order chi connectivity index (χ1) is 10.3. The fourth-order valence-corrected chi connectivity index (χ4v) is 4.49. The summed E-state index contributed by atoms with van der Waals surface area (Å²) >= 11 is 0. The summed E-state index contributed by atoms with van der Waals surface area (Å²) in [5.41, 5.74) is 2.68. The van der Waals surface area contributed by atoms with Crippen molar-refractivity contribution in [3.63, 3.8) is 0 Å². The molecule has 3 heteroatoms. The highest BCUT2D eigenvalue weighted by Crippen LogP contribution is 2.43. The average molecular weight is 288 g/mol. The van der Waals surface area contributed by atoms with E-state index in [0.717, 1.165) is 45.3 Å².